The Morgan fingerprint density at radius 3 is 1.51 bits per heavy atom. The number of nitrogens with zero attached hydrogens (tertiary/aromatic N) is 14. The van der Waals surface area contributed by atoms with E-state index >= 15 is 0 Å². The van der Waals surface area contributed by atoms with E-state index in [9.17, 15) is 0 Å². The van der Waals surface area contributed by atoms with Gasteiger partial charge >= 0.3 is 0 Å². The first kappa shape index (κ1) is 54.2. The van der Waals surface area contributed by atoms with Crippen molar-refractivity contribution >= 4 is 11.9 Å². The van der Waals surface area contributed by atoms with E-state index in [4.69, 9.17) is 30.9 Å². The second-order valence-electron chi connectivity index (χ2n) is 8.82. The topological polar surface area (TPSA) is 259 Å². The number of aliphatic carboxylic acids is 2. The van der Waals surface area contributed by atoms with Crippen LogP contribution in [0.15, 0.2) is 59.3 Å². The fraction of sp³-hybridized carbons (Fsp3) is 0.375. The van der Waals surface area contributed by atoms with Crippen LogP contribution in [0.25, 0.3) is 20.9 Å². The van der Waals surface area contributed by atoms with Crippen molar-refractivity contribution < 1.29 is 38.3 Å². The summed E-state index contributed by atoms with van der Waals surface area (Å²) in [7, 11) is 0. The SMILES string of the molecule is C.C.C#CC.C#CC.CC(=O)O.CC(=O)O.Cc1cn(Cc2ccc(Cn3cc(C)nn3)nc2)nn1.[Cu].[HH].[N-]=[N+]=NCc1ccc(CN=[N+]=[N-])nc1. The molecule has 0 aromatic carbocycles. The molecular weight excluding hydrogens is 708 g/mol. The van der Waals surface area contributed by atoms with Crippen molar-refractivity contribution in [3.63, 3.8) is 0 Å². The van der Waals surface area contributed by atoms with Crippen molar-refractivity contribution in [1.82, 2.24) is 40.0 Å². The third-order valence-corrected chi connectivity index (χ3v) is 4.36. The molecule has 4 aromatic rings. The average Bonchev–Trinajstić information content (AvgIpc) is 3.63. The summed E-state index contributed by atoms with van der Waals surface area (Å²) in [6.07, 6.45) is 16.5. The van der Waals surface area contributed by atoms with Crippen LogP contribution in [0.4, 0.5) is 0 Å². The van der Waals surface area contributed by atoms with Crippen LogP contribution >= 0.6 is 0 Å². The Morgan fingerprint density at radius 2 is 1.16 bits per heavy atom. The molecular formula is C32H48CuN14O4. The Kier molecular flexibility index (Phi) is 37.3. The molecule has 281 valence electrons. The summed E-state index contributed by atoms with van der Waals surface area (Å²) in [5.41, 5.74) is 21.5. The fourth-order valence-corrected chi connectivity index (χ4v) is 2.80. The van der Waals surface area contributed by atoms with Gasteiger partial charge in [0.25, 0.3) is 11.9 Å². The first-order chi connectivity index (χ1) is 22.8. The van der Waals surface area contributed by atoms with Crippen LogP contribution in [0.2, 0.25) is 0 Å². The maximum Gasteiger partial charge on any atom is 0.300 e. The molecule has 0 aliphatic heterocycles. The zero-order chi connectivity index (χ0) is 36.7. The number of carboxylic acids is 2. The first-order valence-electron chi connectivity index (χ1n) is 13.6. The minimum absolute atomic E-state index is 0. The third kappa shape index (κ3) is 33.5. The van der Waals surface area contributed by atoms with E-state index in [0.717, 1.165) is 42.1 Å². The van der Waals surface area contributed by atoms with E-state index in [1.165, 1.54) is 0 Å². The first-order valence-corrected chi connectivity index (χ1v) is 13.6. The smallest absolute Gasteiger partial charge is 0.300 e. The summed E-state index contributed by atoms with van der Waals surface area (Å²) in [6.45, 7) is 11.1. The molecule has 0 saturated heterocycles. The molecule has 0 saturated carbocycles. The number of terminal acetylenes is 2. The number of carbonyl (C=O) groups is 2. The number of rotatable bonds is 8. The Balaban J connectivity index is -0.000000145. The maximum absolute atomic E-state index is 9.00. The Labute approximate surface area is 311 Å². The van der Waals surface area contributed by atoms with E-state index in [0.29, 0.717) is 18.8 Å². The van der Waals surface area contributed by atoms with Gasteiger partial charge < -0.3 is 10.2 Å². The zero-order valence-electron chi connectivity index (χ0n) is 27.9. The van der Waals surface area contributed by atoms with E-state index in [-0.39, 0.29) is 46.4 Å². The quantitative estimate of drug-likeness (QED) is 0.0635. The largest absolute Gasteiger partial charge is 0.481 e. The Bertz CT molecular complexity index is 1560. The predicted octanol–water partition coefficient (Wildman–Crippen LogP) is 6.66. The van der Waals surface area contributed by atoms with Crippen LogP contribution in [0.1, 0.15) is 77.9 Å². The molecule has 4 rings (SSSR count). The third-order valence-electron chi connectivity index (χ3n) is 4.36. The van der Waals surface area contributed by atoms with Crippen molar-refractivity contribution in [2.75, 3.05) is 0 Å². The van der Waals surface area contributed by atoms with Crippen molar-refractivity contribution in [3.8, 4) is 24.7 Å². The van der Waals surface area contributed by atoms with E-state index in [1.807, 2.05) is 44.6 Å². The van der Waals surface area contributed by atoms with Gasteiger partial charge in [-0.2, -0.15) is 0 Å². The van der Waals surface area contributed by atoms with Gasteiger partial charge in [0.1, 0.15) is 0 Å². The van der Waals surface area contributed by atoms with Crippen molar-refractivity contribution in [2.45, 2.75) is 82.6 Å². The van der Waals surface area contributed by atoms with Gasteiger partial charge in [0.05, 0.1) is 43.3 Å². The summed E-state index contributed by atoms with van der Waals surface area (Å²) < 4.78 is 3.57. The number of pyridine rings is 2. The second-order valence-corrected chi connectivity index (χ2v) is 8.82. The number of hydrogen-bond acceptors (Lipinski definition) is 10. The summed E-state index contributed by atoms with van der Waals surface area (Å²) in [4.78, 5) is 31.7. The standard InChI is InChI=1S/C13H15N7.C7H7N7.2C3H4.2C2H4O2.2CH4.Cu.H2/c1-10-6-19(17-15-10)8-12-3-4-13(14-5-12)9-20-7-11(2)16-18-20;8-13-11-4-6-1-2-7(10-3-6)5-12-14-9;2*1-3-2;2*1-2(3)4;;;;/h3-7H,8-9H2,1-2H3;1-3H,4-5H2;2*1H,2H3;2*1H3,(H,3,4);2*1H4;;1H. The normalized spacial score (nSPS) is 7.92. The number of azide groups is 2. The van der Waals surface area contributed by atoms with Gasteiger partial charge in [0, 0.05) is 72.6 Å². The van der Waals surface area contributed by atoms with Crippen LogP contribution in [0.3, 0.4) is 0 Å². The molecule has 0 bridgehead atoms. The van der Waals surface area contributed by atoms with Crippen molar-refractivity contribution in [3.05, 3.63) is 104 Å². The number of carboxylic acid groups (broad SMARTS) is 2. The van der Waals surface area contributed by atoms with E-state index in [1.54, 1.807) is 41.5 Å². The summed E-state index contributed by atoms with van der Waals surface area (Å²) in [6, 6.07) is 7.56. The van der Waals surface area contributed by atoms with Crippen LogP contribution in [-0.4, -0.2) is 62.1 Å². The van der Waals surface area contributed by atoms with Crippen molar-refractivity contribution in [1.29, 1.82) is 0 Å². The van der Waals surface area contributed by atoms with Crippen LogP contribution in [0.5, 0.6) is 0 Å². The van der Waals surface area contributed by atoms with Gasteiger partial charge in [0.15, 0.2) is 0 Å². The van der Waals surface area contributed by atoms with Crippen LogP contribution < -0.4 is 0 Å². The Morgan fingerprint density at radius 1 is 0.784 bits per heavy atom. The van der Waals surface area contributed by atoms with Gasteiger partial charge in [-0.05, 0) is 62.0 Å². The summed E-state index contributed by atoms with van der Waals surface area (Å²) in [5.74, 6) is 2.83. The van der Waals surface area contributed by atoms with Gasteiger partial charge in [-0.3, -0.25) is 19.6 Å². The van der Waals surface area contributed by atoms with Gasteiger partial charge in [-0.1, -0.05) is 47.6 Å². The number of hydrogen-bond donors (Lipinski definition) is 2. The molecule has 0 aliphatic rings. The van der Waals surface area contributed by atoms with Crippen LogP contribution in [-0.2, 0) is 52.8 Å². The van der Waals surface area contributed by atoms with Gasteiger partial charge in [-0.25, -0.2) is 9.36 Å². The van der Waals surface area contributed by atoms with E-state index in [2.05, 4.69) is 75.3 Å². The predicted molar refractivity (Wildman–Crippen MR) is 193 cm³/mol. The summed E-state index contributed by atoms with van der Waals surface area (Å²) in [5, 5.41) is 37.5. The molecule has 0 fully saturated rings. The molecule has 4 aromatic heterocycles. The maximum atomic E-state index is 9.00. The minimum atomic E-state index is -0.833. The molecule has 19 heteroatoms. The number of aryl methyl sites for hydroxylation is 2. The van der Waals surface area contributed by atoms with Gasteiger partial charge in [0.2, 0.25) is 0 Å². The zero-order valence-corrected chi connectivity index (χ0v) is 28.8. The molecule has 0 amide bonds. The van der Waals surface area contributed by atoms with Crippen LogP contribution in [0, 0.1) is 38.5 Å². The number of aromatic nitrogens is 8. The molecule has 0 spiro atoms. The Hall–Kier alpha value is -6.22. The average molecular weight is 756 g/mol. The molecule has 0 atom stereocenters. The molecule has 4 heterocycles. The monoisotopic (exact) mass is 755 g/mol. The summed E-state index contributed by atoms with van der Waals surface area (Å²) >= 11 is 0. The fourth-order valence-electron chi connectivity index (χ4n) is 2.80. The minimum Gasteiger partial charge on any atom is -0.481 e. The van der Waals surface area contributed by atoms with Gasteiger partial charge in [-0.15, -0.1) is 34.9 Å². The molecule has 1 radical (unpaired) electrons. The second kappa shape index (κ2) is 35.1. The molecule has 18 nitrogen and oxygen atoms in total. The molecule has 0 aliphatic carbocycles. The molecule has 2 N–H and O–H groups in total. The van der Waals surface area contributed by atoms with Crippen molar-refractivity contribution in [2.24, 2.45) is 10.2 Å². The molecule has 0 unspecified atom stereocenters. The van der Waals surface area contributed by atoms with E-state index < -0.39 is 11.9 Å². The molecule has 51 heavy (non-hydrogen) atoms.